The fourth-order valence-electron chi connectivity index (χ4n) is 9.85. The van der Waals surface area contributed by atoms with Crippen LogP contribution in [-0.2, 0) is 16.2 Å². The number of halogens is 1. The lowest BCUT2D eigenvalue weighted by atomic mass is 9.34. The summed E-state index contributed by atoms with van der Waals surface area (Å²) >= 11 is 9.22. The molecule has 0 bridgehead atoms. The van der Waals surface area contributed by atoms with Crippen LogP contribution in [0.3, 0.4) is 0 Å². The highest BCUT2D eigenvalue weighted by molar-refractivity contribution is 7.26. The van der Waals surface area contributed by atoms with Crippen molar-refractivity contribution in [2.75, 3.05) is 0 Å². The number of thiophene rings is 1. The summed E-state index contributed by atoms with van der Waals surface area (Å²) in [5.41, 5.74) is 18.7. The maximum Gasteiger partial charge on any atom is 0.252 e. The number of benzene rings is 5. The third-order valence-electron chi connectivity index (χ3n) is 12.2. The van der Waals surface area contributed by atoms with Crippen LogP contribution in [0, 0.1) is 0 Å². The Bertz CT molecular complexity index is 2880. The Labute approximate surface area is 302 Å². The molecule has 50 heavy (non-hydrogen) atoms. The summed E-state index contributed by atoms with van der Waals surface area (Å²) in [5.74, 6) is 0. The van der Waals surface area contributed by atoms with E-state index in [1.807, 2.05) is 11.3 Å². The van der Waals surface area contributed by atoms with E-state index in [2.05, 4.69) is 149 Å². The summed E-state index contributed by atoms with van der Waals surface area (Å²) < 4.78 is 7.89. The van der Waals surface area contributed by atoms with E-state index in [1.54, 1.807) is 0 Å². The zero-order chi connectivity index (χ0) is 34.4. The average molecular weight is 685 g/mol. The summed E-state index contributed by atoms with van der Waals surface area (Å²) in [5, 5.41) is 4.83. The van der Waals surface area contributed by atoms with Gasteiger partial charge >= 0.3 is 0 Å². The SMILES string of the molecule is CC(C)(C)c1cc2c3c(c1)c1c(n3-c3cc(Cl)cc4c3B2c2cc(C(C)(C)C)cc3c5sc6ccccc6c5n-4c23)-c2ccccc2C1(C)C. The van der Waals surface area contributed by atoms with Gasteiger partial charge in [-0.3, -0.25) is 0 Å². The molecule has 0 saturated carbocycles. The van der Waals surface area contributed by atoms with Gasteiger partial charge in [0, 0.05) is 53.8 Å². The second-order valence-electron chi connectivity index (χ2n) is 17.6. The monoisotopic (exact) mass is 684 g/mol. The topological polar surface area (TPSA) is 9.86 Å². The molecule has 244 valence electrons. The zero-order valence-electron chi connectivity index (χ0n) is 29.8. The Hall–Kier alpha value is -4.25. The molecule has 5 heterocycles. The molecule has 11 rings (SSSR count). The van der Waals surface area contributed by atoms with Crippen LogP contribution < -0.4 is 16.4 Å². The van der Waals surface area contributed by atoms with Crippen molar-refractivity contribution >= 4 is 88.1 Å². The van der Waals surface area contributed by atoms with Crippen LogP contribution in [0.15, 0.2) is 84.9 Å². The number of fused-ring (bicyclic) bond motifs is 14. The fourth-order valence-corrected chi connectivity index (χ4v) is 11.3. The van der Waals surface area contributed by atoms with Crippen molar-refractivity contribution in [3.05, 3.63) is 112 Å². The first kappa shape index (κ1) is 29.5. The minimum atomic E-state index is -0.142. The summed E-state index contributed by atoms with van der Waals surface area (Å²) in [7, 11) is 0. The molecule has 5 aromatic carbocycles. The van der Waals surface area contributed by atoms with Crippen molar-refractivity contribution in [3.63, 3.8) is 0 Å². The van der Waals surface area contributed by atoms with Crippen molar-refractivity contribution in [2.45, 2.75) is 71.6 Å². The predicted octanol–water partition coefficient (Wildman–Crippen LogP) is 10.6. The molecule has 2 nitrogen and oxygen atoms in total. The van der Waals surface area contributed by atoms with Crippen LogP contribution in [0.1, 0.15) is 77.6 Å². The van der Waals surface area contributed by atoms with Gasteiger partial charge in [-0.25, -0.2) is 0 Å². The summed E-state index contributed by atoms with van der Waals surface area (Å²) in [6.07, 6.45) is 0. The molecular formula is C45H38BClN2S. The molecule has 0 saturated heterocycles. The lowest BCUT2D eigenvalue weighted by molar-refractivity contribution is 0.591. The molecule has 8 aromatic rings. The molecule has 0 unspecified atom stereocenters. The van der Waals surface area contributed by atoms with Crippen molar-refractivity contribution in [1.82, 2.24) is 9.13 Å². The highest BCUT2D eigenvalue weighted by Gasteiger charge is 2.47. The molecule has 3 aliphatic rings. The van der Waals surface area contributed by atoms with Crippen LogP contribution in [-0.4, -0.2) is 15.8 Å². The predicted molar refractivity (Wildman–Crippen MR) is 218 cm³/mol. The maximum absolute atomic E-state index is 7.29. The van der Waals surface area contributed by atoms with Gasteiger partial charge in [-0.05, 0) is 79.8 Å². The third-order valence-corrected chi connectivity index (χ3v) is 13.6. The molecular weight excluding hydrogens is 647 g/mol. The van der Waals surface area contributed by atoms with E-state index in [4.69, 9.17) is 11.6 Å². The maximum atomic E-state index is 7.29. The Morgan fingerprint density at radius 1 is 0.660 bits per heavy atom. The highest BCUT2D eigenvalue weighted by Crippen LogP contribution is 2.55. The van der Waals surface area contributed by atoms with E-state index < -0.39 is 0 Å². The quantitative estimate of drug-likeness (QED) is 0.141. The number of aromatic nitrogens is 2. The first-order valence-electron chi connectivity index (χ1n) is 17.9. The van der Waals surface area contributed by atoms with Crippen molar-refractivity contribution in [3.8, 4) is 22.6 Å². The summed E-state index contributed by atoms with van der Waals surface area (Å²) in [6.45, 7) is 19.1. The normalized spacial score (nSPS) is 15.4. The van der Waals surface area contributed by atoms with Gasteiger partial charge in [-0.15, -0.1) is 11.3 Å². The van der Waals surface area contributed by atoms with Gasteiger partial charge in [0.25, 0.3) is 6.71 Å². The molecule has 0 atom stereocenters. The van der Waals surface area contributed by atoms with Gasteiger partial charge in [-0.2, -0.15) is 0 Å². The minimum Gasteiger partial charge on any atom is -0.310 e. The van der Waals surface area contributed by atoms with Crippen LogP contribution in [0.4, 0.5) is 0 Å². The van der Waals surface area contributed by atoms with Crippen molar-refractivity contribution in [1.29, 1.82) is 0 Å². The first-order valence-corrected chi connectivity index (χ1v) is 19.1. The summed E-state index contributed by atoms with van der Waals surface area (Å²) in [6, 6.07) is 32.6. The van der Waals surface area contributed by atoms with E-state index in [-0.39, 0.29) is 23.0 Å². The van der Waals surface area contributed by atoms with Gasteiger partial charge < -0.3 is 9.13 Å². The molecule has 5 heteroatoms. The first-order chi connectivity index (χ1) is 23.7. The number of rotatable bonds is 0. The average Bonchev–Trinajstić information content (AvgIpc) is 3.77. The molecule has 2 aliphatic heterocycles. The largest absolute Gasteiger partial charge is 0.310 e. The Kier molecular flexibility index (Phi) is 5.29. The number of hydrogen-bond acceptors (Lipinski definition) is 1. The lowest BCUT2D eigenvalue weighted by Gasteiger charge is -2.36. The van der Waals surface area contributed by atoms with Crippen LogP contribution in [0.5, 0.6) is 0 Å². The fraction of sp³-hybridized carbons (Fsp3) is 0.244. The second kappa shape index (κ2) is 8.97. The van der Waals surface area contributed by atoms with E-state index >= 15 is 0 Å². The van der Waals surface area contributed by atoms with Crippen LogP contribution in [0.25, 0.3) is 64.7 Å². The molecule has 0 spiro atoms. The van der Waals surface area contributed by atoms with E-state index in [9.17, 15) is 0 Å². The lowest BCUT2D eigenvalue weighted by Crippen LogP contribution is -2.59. The van der Waals surface area contributed by atoms with Gasteiger partial charge in [0.2, 0.25) is 0 Å². The number of nitrogens with zero attached hydrogens (tertiary/aromatic N) is 2. The van der Waals surface area contributed by atoms with Gasteiger partial charge in [0.15, 0.2) is 0 Å². The van der Waals surface area contributed by atoms with E-state index in [1.165, 1.54) is 103 Å². The summed E-state index contributed by atoms with van der Waals surface area (Å²) in [4.78, 5) is 0. The molecule has 0 N–H and O–H groups in total. The Morgan fingerprint density at radius 2 is 1.26 bits per heavy atom. The van der Waals surface area contributed by atoms with Gasteiger partial charge in [-0.1, -0.05) is 122 Å². The second-order valence-corrected chi connectivity index (χ2v) is 19.0. The zero-order valence-corrected chi connectivity index (χ0v) is 31.4. The van der Waals surface area contributed by atoms with Crippen molar-refractivity contribution < 1.29 is 0 Å². The number of hydrogen-bond donors (Lipinski definition) is 0. The smallest absolute Gasteiger partial charge is 0.252 e. The molecule has 3 aromatic heterocycles. The minimum absolute atomic E-state index is 0.00866. The molecule has 0 amide bonds. The third kappa shape index (κ3) is 3.38. The van der Waals surface area contributed by atoms with Gasteiger partial charge in [0.1, 0.15) is 0 Å². The van der Waals surface area contributed by atoms with E-state index in [0.29, 0.717) is 0 Å². The van der Waals surface area contributed by atoms with Gasteiger partial charge in [0.05, 0.1) is 21.4 Å². The van der Waals surface area contributed by atoms with Crippen LogP contribution in [0.2, 0.25) is 5.02 Å². The van der Waals surface area contributed by atoms with Crippen molar-refractivity contribution in [2.24, 2.45) is 0 Å². The Morgan fingerprint density at radius 3 is 1.96 bits per heavy atom. The molecule has 0 fully saturated rings. The highest BCUT2D eigenvalue weighted by atomic mass is 35.5. The Balaban J connectivity index is 1.41. The van der Waals surface area contributed by atoms with E-state index in [0.717, 1.165) is 5.02 Å². The standard InChI is InChI=1S/C45H38BClN2S/c1-43(2,3)23-17-28-36-40(26-13-9-11-15-30(26)45(36,7)8)48-33-21-25(47)22-34-37(33)46(31(19-23)38(28)48)32-20-24(44(4,5)6)18-29-39(32)49(34)41-27-14-10-12-16-35(27)50-42(29)41/h9-22H,1-8H3. The van der Waals surface area contributed by atoms with Crippen LogP contribution >= 0.6 is 22.9 Å². The molecule has 0 radical (unpaired) electrons. The molecule has 1 aliphatic carbocycles.